The zero-order valence-electron chi connectivity index (χ0n) is 22.4. The van der Waals surface area contributed by atoms with Crippen molar-refractivity contribution in [3.63, 3.8) is 0 Å². The van der Waals surface area contributed by atoms with Crippen LogP contribution in [0.2, 0.25) is 0 Å². The molecule has 0 aliphatic carbocycles. The first-order valence-electron chi connectivity index (χ1n) is 13.0. The number of benzene rings is 3. The van der Waals surface area contributed by atoms with Crippen molar-refractivity contribution >= 4 is 34.9 Å². The third-order valence-electron chi connectivity index (χ3n) is 6.42. The lowest BCUT2D eigenvalue weighted by Gasteiger charge is -2.30. The highest BCUT2D eigenvalue weighted by Crippen LogP contribution is 2.43. The summed E-state index contributed by atoms with van der Waals surface area (Å²) in [6.45, 7) is 6.55. The summed E-state index contributed by atoms with van der Waals surface area (Å²) in [5.74, 6) is -0.870. The molecule has 0 aromatic heterocycles. The minimum Gasteiger partial charge on any atom is -0.351 e. The van der Waals surface area contributed by atoms with Crippen molar-refractivity contribution in [1.29, 1.82) is 0 Å². The van der Waals surface area contributed by atoms with Gasteiger partial charge in [-0.25, -0.2) is 4.79 Å². The lowest BCUT2D eigenvalue weighted by molar-refractivity contribution is -0.138. The van der Waals surface area contributed by atoms with Crippen LogP contribution in [0.25, 0.3) is 0 Å². The Morgan fingerprint density at radius 2 is 1.46 bits per heavy atom. The molecule has 0 radical (unpaired) electrons. The number of carbonyl (C=O) groups excluding carboxylic acids is 3. The summed E-state index contributed by atoms with van der Waals surface area (Å²) >= 11 is 0. The van der Waals surface area contributed by atoms with E-state index in [1.165, 1.54) is 4.90 Å². The van der Waals surface area contributed by atoms with Crippen LogP contribution in [0.4, 0.5) is 21.9 Å². The zero-order chi connectivity index (χ0) is 27.8. The fourth-order valence-corrected chi connectivity index (χ4v) is 4.68. The smallest absolute Gasteiger partial charge is 0.320 e. The van der Waals surface area contributed by atoms with Crippen molar-refractivity contribution in [2.45, 2.75) is 39.0 Å². The van der Waals surface area contributed by atoms with E-state index in [4.69, 9.17) is 9.47 Å². The summed E-state index contributed by atoms with van der Waals surface area (Å²) < 4.78 is 11.4. The summed E-state index contributed by atoms with van der Waals surface area (Å²) in [7, 11) is 0. The number of hydrogen-bond acceptors (Lipinski definition) is 5. The molecule has 1 aliphatic heterocycles. The molecular formula is C30H34N4O5. The number of nitrogens with zero attached hydrogens (tertiary/aromatic N) is 1. The van der Waals surface area contributed by atoms with Crippen LogP contribution in [0, 0.1) is 6.92 Å². The highest BCUT2D eigenvalue weighted by Gasteiger charge is 2.53. The SMILES string of the molecule is CCOC(CN1C(=O)C(CC(=O)Nc2ccc(C)cc2)(NC(=O)Nc2ccccc2)c2ccccc21)OCC. The van der Waals surface area contributed by atoms with Gasteiger partial charge >= 0.3 is 6.03 Å². The summed E-state index contributed by atoms with van der Waals surface area (Å²) in [6.07, 6.45) is -0.990. The fraction of sp³-hybridized carbons (Fsp3) is 0.300. The summed E-state index contributed by atoms with van der Waals surface area (Å²) in [6, 6.07) is 22.8. The van der Waals surface area contributed by atoms with Gasteiger partial charge in [-0.1, -0.05) is 54.1 Å². The molecule has 1 atom stereocenters. The number of anilines is 3. The van der Waals surface area contributed by atoms with Crippen LogP contribution >= 0.6 is 0 Å². The quantitative estimate of drug-likeness (QED) is 0.309. The fourth-order valence-electron chi connectivity index (χ4n) is 4.68. The Morgan fingerprint density at radius 3 is 2.13 bits per heavy atom. The minimum absolute atomic E-state index is 0.0981. The number of ether oxygens (including phenoxy) is 2. The Balaban J connectivity index is 1.69. The molecule has 204 valence electrons. The molecule has 0 spiro atoms. The van der Waals surface area contributed by atoms with Crippen LogP contribution in [-0.4, -0.2) is 43.9 Å². The minimum atomic E-state index is -1.66. The van der Waals surface area contributed by atoms with Gasteiger partial charge in [0.2, 0.25) is 5.91 Å². The maximum absolute atomic E-state index is 14.2. The predicted octanol–water partition coefficient (Wildman–Crippen LogP) is 4.79. The van der Waals surface area contributed by atoms with E-state index in [0.29, 0.717) is 35.8 Å². The van der Waals surface area contributed by atoms with E-state index in [9.17, 15) is 14.4 Å². The van der Waals surface area contributed by atoms with E-state index in [1.54, 1.807) is 54.6 Å². The van der Waals surface area contributed by atoms with Gasteiger partial charge in [0.25, 0.3) is 5.91 Å². The molecule has 0 bridgehead atoms. The van der Waals surface area contributed by atoms with E-state index in [1.807, 2.05) is 45.0 Å². The number of para-hydroxylation sites is 2. The maximum Gasteiger partial charge on any atom is 0.320 e. The number of amides is 4. The van der Waals surface area contributed by atoms with Crippen LogP contribution in [0.15, 0.2) is 78.9 Å². The predicted molar refractivity (Wildman–Crippen MR) is 151 cm³/mol. The Kier molecular flexibility index (Phi) is 8.96. The molecule has 1 unspecified atom stereocenters. The third kappa shape index (κ3) is 6.45. The van der Waals surface area contributed by atoms with Gasteiger partial charge in [-0.3, -0.25) is 9.59 Å². The van der Waals surface area contributed by atoms with E-state index in [0.717, 1.165) is 5.56 Å². The molecule has 1 aliphatic rings. The number of rotatable bonds is 11. The van der Waals surface area contributed by atoms with Crippen LogP contribution < -0.4 is 20.9 Å². The van der Waals surface area contributed by atoms with Crippen LogP contribution in [0.1, 0.15) is 31.4 Å². The first-order chi connectivity index (χ1) is 18.9. The molecule has 3 aromatic rings. The molecular weight excluding hydrogens is 496 g/mol. The molecule has 39 heavy (non-hydrogen) atoms. The first-order valence-corrected chi connectivity index (χ1v) is 13.0. The summed E-state index contributed by atoms with van der Waals surface area (Å²) in [5, 5.41) is 8.49. The number of urea groups is 1. The second-order valence-corrected chi connectivity index (χ2v) is 9.21. The number of nitrogens with one attached hydrogen (secondary N) is 3. The van der Waals surface area contributed by atoms with Crippen LogP contribution in [-0.2, 0) is 24.6 Å². The van der Waals surface area contributed by atoms with Gasteiger partial charge in [0.1, 0.15) is 0 Å². The molecule has 0 fully saturated rings. The van der Waals surface area contributed by atoms with Crippen molar-refractivity contribution in [1.82, 2.24) is 5.32 Å². The van der Waals surface area contributed by atoms with E-state index >= 15 is 0 Å². The van der Waals surface area contributed by atoms with Crippen LogP contribution in [0.3, 0.4) is 0 Å². The molecule has 0 saturated heterocycles. The molecule has 0 saturated carbocycles. The van der Waals surface area contributed by atoms with E-state index < -0.39 is 29.7 Å². The van der Waals surface area contributed by atoms with Crippen molar-refractivity contribution in [2.24, 2.45) is 0 Å². The summed E-state index contributed by atoms with van der Waals surface area (Å²) in [4.78, 5) is 42.4. The van der Waals surface area contributed by atoms with Gasteiger partial charge in [-0.2, -0.15) is 0 Å². The highest BCUT2D eigenvalue weighted by atomic mass is 16.7. The number of fused-ring (bicyclic) bond motifs is 1. The Hall–Kier alpha value is -4.21. The number of carbonyl (C=O) groups is 3. The number of aryl methyl sites for hydroxylation is 1. The normalized spacial score (nSPS) is 16.2. The molecule has 4 amide bonds. The maximum atomic E-state index is 14.2. The van der Waals surface area contributed by atoms with Gasteiger partial charge < -0.3 is 30.3 Å². The van der Waals surface area contributed by atoms with Crippen molar-refractivity contribution in [2.75, 3.05) is 35.3 Å². The Bertz CT molecular complexity index is 1290. The molecule has 1 heterocycles. The van der Waals surface area contributed by atoms with Gasteiger partial charge in [0.05, 0.1) is 18.7 Å². The third-order valence-corrected chi connectivity index (χ3v) is 6.42. The zero-order valence-corrected chi connectivity index (χ0v) is 22.4. The van der Waals surface area contributed by atoms with Gasteiger partial charge in [0, 0.05) is 30.2 Å². The lowest BCUT2D eigenvalue weighted by Crippen LogP contribution is -2.56. The van der Waals surface area contributed by atoms with Crippen LogP contribution in [0.5, 0.6) is 0 Å². The van der Waals surface area contributed by atoms with Gasteiger partial charge in [-0.15, -0.1) is 0 Å². The van der Waals surface area contributed by atoms with E-state index in [-0.39, 0.29) is 13.0 Å². The second-order valence-electron chi connectivity index (χ2n) is 9.21. The highest BCUT2D eigenvalue weighted by molar-refractivity contribution is 6.12. The largest absolute Gasteiger partial charge is 0.351 e. The Morgan fingerprint density at radius 1 is 0.846 bits per heavy atom. The van der Waals surface area contributed by atoms with Crippen molar-refractivity contribution in [3.05, 3.63) is 90.0 Å². The molecule has 9 heteroatoms. The average molecular weight is 531 g/mol. The standard InChI is InChI=1S/C30H34N4O5/c1-4-38-27(39-5-2)20-34-25-14-10-9-13-24(25)30(28(34)36,33-29(37)32-22-11-7-6-8-12-22)19-26(35)31-23-17-15-21(3)16-18-23/h6-18,27H,4-5,19-20H2,1-3H3,(H,31,35)(H2,32,33,37). The van der Waals surface area contributed by atoms with Crippen molar-refractivity contribution < 1.29 is 23.9 Å². The average Bonchev–Trinajstić information content (AvgIpc) is 3.13. The first kappa shape index (κ1) is 27.8. The lowest BCUT2D eigenvalue weighted by atomic mass is 9.87. The summed E-state index contributed by atoms with van der Waals surface area (Å²) in [5.41, 5.74) is 1.64. The van der Waals surface area contributed by atoms with Gasteiger partial charge in [-0.05, 0) is 51.1 Å². The Labute approximate surface area is 228 Å². The molecule has 4 rings (SSSR count). The number of hydrogen-bond donors (Lipinski definition) is 3. The van der Waals surface area contributed by atoms with E-state index in [2.05, 4.69) is 16.0 Å². The molecule has 9 nitrogen and oxygen atoms in total. The van der Waals surface area contributed by atoms with Gasteiger partial charge in [0.15, 0.2) is 11.8 Å². The molecule has 3 N–H and O–H groups in total. The second kappa shape index (κ2) is 12.6. The molecule has 3 aromatic carbocycles. The van der Waals surface area contributed by atoms with Crippen molar-refractivity contribution in [3.8, 4) is 0 Å². The monoisotopic (exact) mass is 530 g/mol. The topological polar surface area (TPSA) is 109 Å².